The lowest BCUT2D eigenvalue weighted by molar-refractivity contribution is -0.132. The van der Waals surface area contributed by atoms with Crippen LogP contribution in [0.25, 0.3) is 6.08 Å². The maximum atomic E-state index is 11.1. The molecule has 0 amide bonds. The average Bonchev–Trinajstić information content (AvgIpc) is 2.65. The lowest BCUT2D eigenvalue weighted by Crippen LogP contribution is -2.14. The monoisotopic (exact) mass is 418 g/mol. The van der Waals surface area contributed by atoms with Crippen LogP contribution in [0, 0.1) is 0 Å². The molecule has 0 saturated carbocycles. The van der Waals surface area contributed by atoms with E-state index in [0.29, 0.717) is 34.2 Å². The molecule has 7 nitrogen and oxygen atoms in total. The van der Waals surface area contributed by atoms with Crippen molar-refractivity contribution in [2.75, 3.05) is 20.8 Å². The van der Waals surface area contributed by atoms with Gasteiger partial charge in [0.1, 0.15) is 35.2 Å². The minimum atomic E-state index is -1.02. The highest BCUT2D eigenvalue weighted by molar-refractivity contribution is 9.10. The van der Waals surface area contributed by atoms with Crippen molar-refractivity contribution < 1.29 is 24.1 Å². The third-order valence-corrected chi connectivity index (χ3v) is 4.20. The summed E-state index contributed by atoms with van der Waals surface area (Å²) >= 11 is 3.37. The van der Waals surface area contributed by atoms with Crippen LogP contribution in [-0.2, 0) is 4.79 Å². The van der Waals surface area contributed by atoms with Gasteiger partial charge in [-0.2, -0.15) is 0 Å². The third kappa shape index (κ3) is 3.70. The van der Waals surface area contributed by atoms with Crippen molar-refractivity contribution in [3.63, 3.8) is 0 Å². The number of azo groups is 1. The number of aliphatic carboxylic acids is 1. The molecule has 2 aromatic rings. The van der Waals surface area contributed by atoms with Crippen LogP contribution in [0.15, 0.2) is 50.6 Å². The van der Waals surface area contributed by atoms with Crippen LogP contribution in [0.2, 0.25) is 0 Å². The molecule has 0 atom stereocenters. The molecule has 0 aromatic heterocycles. The Hall–Kier alpha value is -2.87. The van der Waals surface area contributed by atoms with E-state index in [4.69, 9.17) is 19.3 Å². The number of rotatable bonds is 5. The van der Waals surface area contributed by atoms with Gasteiger partial charge < -0.3 is 19.3 Å². The van der Waals surface area contributed by atoms with E-state index < -0.39 is 5.97 Å². The van der Waals surface area contributed by atoms with Gasteiger partial charge in [0.2, 0.25) is 0 Å². The fourth-order valence-electron chi connectivity index (χ4n) is 2.40. The zero-order valence-electron chi connectivity index (χ0n) is 14.0. The lowest BCUT2D eigenvalue weighted by atomic mass is 10.1. The summed E-state index contributed by atoms with van der Waals surface area (Å²) in [6, 6.07) is 8.72. The number of fused-ring (bicyclic) bond motifs is 1. The van der Waals surface area contributed by atoms with E-state index in [0.717, 1.165) is 4.47 Å². The molecule has 3 rings (SSSR count). The number of ether oxygens (including phenoxy) is 3. The molecule has 0 aliphatic carbocycles. The summed E-state index contributed by atoms with van der Waals surface area (Å²) in [7, 11) is 3.07. The Labute approximate surface area is 158 Å². The van der Waals surface area contributed by atoms with Crippen molar-refractivity contribution in [2.24, 2.45) is 10.2 Å². The van der Waals surface area contributed by atoms with Gasteiger partial charge in [0.05, 0.1) is 19.8 Å². The van der Waals surface area contributed by atoms with E-state index in [1.165, 1.54) is 7.11 Å². The van der Waals surface area contributed by atoms with Crippen LogP contribution in [0.3, 0.4) is 0 Å². The Morgan fingerprint density at radius 3 is 2.50 bits per heavy atom. The average molecular weight is 419 g/mol. The highest BCUT2D eigenvalue weighted by Crippen LogP contribution is 2.39. The number of nitrogens with zero attached hydrogens (tertiary/aromatic N) is 2. The second-order valence-corrected chi connectivity index (χ2v) is 6.26. The molecule has 134 valence electrons. The Kier molecular flexibility index (Phi) is 5.22. The van der Waals surface area contributed by atoms with Crippen LogP contribution in [0.4, 0.5) is 11.4 Å². The number of benzene rings is 2. The van der Waals surface area contributed by atoms with Gasteiger partial charge in [0, 0.05) is 16.1 Å². The normalized spacial score (nSPS) is 13.0. The van der Waals surface area contributed by atoms with Crippen LogP contribution < -0.4 is 14.2 Å². The van der Waals surface area contributed by atoms with Gasteiger partial charge in [0.15, 0.2) is 0 Å². The molecule has 1 heterocycles. The van der Waals surface area contributed by atoms with Gasteiger partial charge in [-0.1, -0.05) is 15.9 Å². The first-order valence-electron chi connectivity index (χ1n) is 7.56. The summed E-state index contributed by atoms with van der Waals surface area (Å²) < 4.78 is 17.0. The smallest absolute Gasteiger partial charge is 0.335 e. The summed E-state index contributed by atoms with van der Waals surface area (Å²) in [5.41, 5.74) is 1.77. The van der Waals surface area contributed by atoms with E-state index in [1.807, 2.05) is 6.07 Å². The van der Waals surface area contributed by atoms with Crippen LogP contribution in [-0.4, -0.2) is 31.9 Å². The highest BCUT2D eigenvalue weighted by atomic mass is 79.9. The number of hydrogen-bond donors (Lipinski definition) is 1. The molecule has 0 bridgehead atoms. The van der Waals surface area contributed by atoms with Crippen LogP contribution in [0.1, 0.15) is 5.56 Å². The predicted octanol–water partition coefficient (Wildman–Crippen LogP) is 4.74. The molecule has 1 aliphatic heterocycles. The molecule has 0 spiro atoms. The van der Waals surface area contributed by atoms with Crippen molar-refractivity contribution in [1.29, 1.82) is 0 Å². The van der Waals surface area contributed by atoms with E-state index in [-0.39, 0.29) is 12.2 Å². The molecular weight excluding hydrogens is 404 g/mol. The maximum Gasteiger partial charge on any atom is 0.335 e. The number of methoxy groups -OCH3 is 2. The van der Waals surface area contributed by atoms with Crippen molar-refractivity contribution in [2.45, 2.75) is 0 Å². The zero-order valence-corrected chi connectivity index (χ0v) is 15.6. The minimum Gasteiger partial charge on any atom is -0.494 e. The summed E-state index contributed by atoms with van der Waals surface area (Å²) in [4.78, 5) is 11.1. The van der Waals surface area contributed by atoms with Gasteiger partial charge in [-0.3, -0.25) is 0 Å². The van der Waals surface area contributed by atoms with Gasteiger partial charge in [-0.15, -0.1) is 10.2 Å². The SMILES string of the molecule is COc1cc(Br)ccc1N=Nc1cc2c(cc1OC)OCC(C(=O)O)=C2. The quantitative estimate of drug-likeness (QED) is 0.707. The molecule has 0 unspecified atom stereocenters. The molecule has 0 saturated heterocycles. The van der Waals surface area contributed by atoms with Crippen molar-refractivity contribution in [3.8, 4) is 17.2 Å². The Bertz CT molecular complexity index is 924. The topological polar surface area (TPSA) is 89.7 Å². The first-order valence-corrected chi connectivity index (χ1v) is 8.35. The zero-order chi connectivity index (χ0) is 18.7. The second kappa shape index (κ2) is 7.57. The lowest BCUT2D eigenvalue weighted by Gasteiger charge is -2.17. The Balaban J connectivity index is 2.00. The van der Waals surface area contributed by atoms with E-state index in [9.17, 15) is 4.79 Å². The number of carbonyl (C=O) groups is 1. The number of carboxylic acid groups (broad SMARTS) is 1. The molecule has 2 aromatic carbocycles. The molecule has 1 N–H and O–H groups in total. The maximum absolute atomic E-state index is 11.1. The van der Waals surface area contributed by atoms with E-state index in [1.54, 1.807) is 37.5 Å². The number of carboxylic acids is 1. The van der Waals surface area contributed by atoms with Gasteiger partial charge in [-0.05, 0) is 30.3 Å². The van der Waals surface area contributed by atoms with Gasteiger partial charge >= 0.3 is 5.97 Å². The molecule has 0 fully saturated rings. The fourth-order valence-corrected chi connectivity index (χ4v) is 2.74. The minimum absolute atomic E-state index is 0.00242. The van der Waals surface area contributed by atoms with Gasteiger partial charge in [-0.25, -0.2) is 4.79 Å². The Morgan fingerprint density at radius 1 is 1.12 bits per heavy atom. The molecule has 0 radical (unpaired) electrons. The van der Waals surface area contributed by atoms with Crippen LogP contribution >= 0.6 is 15.9 Å². The highest BCUT2D eigenvalue weighted by Gasteiger charge is 2.19. The first-order chi connectivity index (χ1) is 12.5. The first kappa shape index (κ1) is 17.9. The molecule has 1 aliphatic rings. The third-order valence-electron chi connectivity index (χ3n) is 3.71. The fraction of sp³-hybridized carbons (Fsp3) is 0.167. The number of hydrogen-bond acceptors (Lipinski definition) is 6. The summed E-state index contributed by atoms with van der Waals surface area (Å²) in [6.45, 7) is 0.00242. The largest absolute Gasteiger partial charge is 0.494 e. The molecule has 8 heteroatoms. The Morgan fingerprint density at radius 2 is 1.81 bits per heavy atom. The second-order valence-electron chi connectivity index (χ2n) is 5.34. The summed E-state index contributed by atoms with van der Waals surface area (Å²) in [5.74, 6) is 0.550. The van der Waals surface area contributed by atoms with Crippen LogP contribution in [0.5, 0.6) is 17.2 Å². The number of halogens is 1. The summed E-state index contributed by atoms with van der Waals surface area (Å²) in [5, 5.41) is 17.6. The van der Waals surface area contributed by atoms with Crippen molar-refractivity contribution >= 4 is 39.4 Å². The predicted molar refractivity (Wildman–Crippen MR) is 99.0 cm³/mol. The van der Waals surface area contributed by atoms with E-state index >= 15 is 0 Å². The van der Waals surface area contributed by atoms with Crippen molar-refractivity contribution in [3.05, 3.63) is 45.9 Å². The van der Waals surface area contributed by atoms with E-state index in [2.05, 4.69) is 26.2 Å². The molecule has 26 heavy (non-hydrogen) atoms. The standard InChI is InChI=1S/C18H15BrN2O5/c1-24-16-7-12(19)3-4-13(16)20-21-14-6-10-5-11(18(22)23)9-26-15(10)8-17(14)25-2/h3-8H,9H2,1-2H3,(H,22,23). The van der Waals surface area contributed by atoms with Crippen molar-refractivity contribution in [1.82, 2.24) is 0 Å². The molecular formula is C18H15BrN2O5. The van der Waals surface area contributed by atoms with Gasteiger partial charge in [0.25, 0.3) is 0 Å². The summed E-state index contributed by atoms with van der Waals surface area (Å²) in [6.07, 6.45) is 1.56.